The molecule has 2 heteroatoms. The second-order valence-electron chi connectivity index (χ2n) is 6.52. The number of hydrogen-bond acceptors (Lipinski definition) is 1. The summed E-state index contributed by atoms with van der Waals surface area (Å²) in [7, 11) is 0. The number of fused-ring (bicyclic) bond motifs is 3. The van der Waals surface area contributed by atoms with Crippen molar-refractivity contribution in [1.82, 2.24) is 0 Å². The van der Waals surface area contributed by atoms with E-state index in [0.29, 0.717) is 17.9 Å². The van der Waals surface area contributed by atoms with Gasteiger partial charge in [-0.15, -0.1) is 0 Å². The minimum absolute atomic E-state index is 0.390. The van der Waals surface area contributed by atoms with E-state index in [0.717, 1.165) is 10.9 Å². The third kappa shape index (κ3) is 2.13. The van der Waals surface area contributed by atoms with Crippen molar-refractivity contribution in [1.29, 1.82) is 0 Å². The van der Waals surface area contributed by atoms with Crippen LogP contribution >= 0.6 is 15.9 Å². The molecular formula is C20H20BrN. The van der Waals surface area contributed by atoms with E-state index in [9.17, 15) is 0 Å². The number of benzene rings is 2. The van der Waals surface area contributed by atoms with Crippen LogP contribution in [0.15, 0.2) is 53.0 Å². The topological polar surface area (TPSA) is 12.0 Å². The summed E-state index contributed by atoms with van der Waals surface area (Å²) in [4.78, 5) is 0. The van der Waals surface area contributed by atoms with Crippen molar-refractivity contribution < 1.29 is 0 Å². The summed E-state index contributed by atoms with van der Waals surface area (Å²) < 4.78 is 1.14. The normalized spacial score (nSPS) is 25.5. The first-order valence-electron chi connectivity index (χ1n) is 7.94. The van der Waals surface area contributed by atoms with Crippen molar-refractivity contribution in [2.75, 3.05) is 5.32 Å². The van der Waals surface area contributed by atoms with Gasteiger partial charge in [0.2, 0.25) is 0 Å². The molecule has 1 nitrogen and oxygen atoms in total. The molecule has 112 valence electrons. The molecule has 0 aromatic heterocycles. The molecule has 1 aliphatic heterocycles. The lowest BCUT2D eigenvalue weighted by Gasteiger charge is -2.39. The molecule has 0 fully saturated rings. The van der Waals surface area contributed by atoms with Gasteiger partial charge in [-0.1, -0.05) is 52.3 Å². The molecule has 1 N–H and O–H groups in total. The lowest BCUT2D eigenvalue weighted by atomic mass is 9.75. The molecule has 1 aliphatic carbocycles. The van der Waals surface area contributed by atoms with Gasteiger partial charge in [0.25, 0.3) is 0 Å². The molecule has 0 unspecified atom stereocenters. The van der Waals surface area contributed by atoms with E-state index in [4.69, 9.17) is 0 Å². The highest BCUT2D eigenvalue weighted by Gasteiger charge is 2.38. The first-order chi connectivity index (χ1) is 10.6. The fourth-order valence-corrected chi connectivity index (χ4v) is 4.31. The number of anilines is 1. The molecule has 3 atom stereocenters. The minimum atomic E-state index is 0.390. The predicted molar refractivity (Wildman–Crippen MR) is 96.4 cm³/mol. The van der Waals surface area contributed by atoms with Crippen LogP contribution in [0.3, 0.4) is 0 Å². The second-order valence-corrected chi connectivity index (χ2v) is 7.43. The van der Waals surface area contributed by atoms with Crippen LogP contribution in [0.5, 0.6) is 0 Å². The van der Waals surface area contributed by atoms with E-state index < -0.39 is 0 Å². The van der Waals surface area contributed by atoms with Crippen LogP contribution in [0.4, 0.5) is 5.69 Å². The summed E-state index contributed by atoms with van der Waals surface area (Å²) in [6, 6.07) is 13.7. The molecule has 0 radical (unpaired) electrons. The third-order valence-electron chi connectivity index (χ3n) is 5.18. The molecule has 2 aliphatic rings. The molecule has 1 heterocycles. The van der Waals surface area contributed by atoms with Gasteiger partial charge in [-0.3, -0.25) is 0 Å². The van der Waals surface area contributed by atoms with Crippen molar-refractivity contribution in [2.45, 2.75) is 32.2 Å². The van der Waals surface area contributed by atoms with Crippen LogP contribution in [-0.2, 0) is 0 Å². The summed E-state index contributed by atoms with van der Waals surface area (Å²) in [5.74, 6) is 1.17. The average molecular weight is 354 g/mol. The molecule has 0 amide bonds. The van der Waals surface area contributed by atoms with E-state index in [1.54, 1.807) is 0 Å². The van der Waals surface area contributed by atoms with E-state index in [1.165, 1.54) is 27.9 Å². The zero-order valence-electron chi connectivity index (χ0n) is 12.9. The van der Waals surface area contributed by atoms with Gasteiger partial charge in [-0.2, -0.15) is 0 Å². The maximum absolute atomic E-state index is 3.86. The van der Waals surface area contributed by atoms with Crippen molar-refractivity contribution in [3.63, 3.8) is 0 Å². The molecule has 22 heavy (non-hydrogen) atoms. The number of hydrogen-bond donors (Lipinski definition) is 1. The van der Waals surface area contributed by atoms with Gasteiger partial charge in [0.15, 0.2) is 0 Å². The Balaban J connectivity index is 1.84. The average Bonchev–Trinajstić information content (AvgIpc) is 3.00. The first-order valence-corrected chi connectivity index (χ1v) is 8.73. The van der Waals surface area contributed by atoms with Gasteiger partial charge in [0.1, 0.15) is 0 Å². The summed E-state index contributed by atoms with van der Waals surface area (Å²) >= 11 is 3.54. The lowest BCUT2D eigenvalue weighted by Crippen LogP contribution is -2.30. The zero-order valence-corrected chi connectivity index (χ0v) is 14.5. The standard InChI is InChI=1S/C20H20BrN/c1-12-6-7-13(2)19-18(12)16-4-3-5-17(16)20(22-19)14-8-10-15(21)11-9-14/h3-4,6-11,16-17,20,22H,5H2,1-2H3/t16-,17-,20+/m1/s1. The maximum Gasteiger partial charge on any atom is 0.0554 e. The van der Waals surface area contributed by atoms with E-state index in [1.807, 2.05) is 0 Å². The van der Waals surface area contributed by atoms with Gasteiger partial charge in [-0.25, -0.2) is 0 Å². The Morgan fingerprint density at radius 1 is 1.00 bits per heavy atom. The Kier molecular flexibility index (Phi) is 3.37. The Labute approximate surface area is 140 Å². The highest BCUT2D eigenvalue weighted by Crippen LogP contribution is 2.51. The smallest absolute Gasteiger partial charge is 0.0554 e. The number of allylic oxidation sites excluding steroid dienone is 2. The van der Waals surface area contributed by atoms with E-state index in [2.05, 4.69) is 83.6 Å². The molecular weight excluding hydrogens is 334 g/mol. The minimum Gasteiger partial charge on any atom is -0.377 e. The van der Waals surface area contributed by atoms with Gasteiger partial charge < -0.3 is 5.32 Å². The van der Waals surface area contributed by atoms with Gasteiger partial charge in [0, 0.05) is 16.1 Å². The van der Waals surface area contributed by atoms with Crippen LogP contribution in [0.25, 0.3) is 0 Å². The first kappa shape index (κ1) is 14.1. The Morgan fingerprint density at radius 2 is 1.73 bits per heavy atom. The van der Waals surface area contributed by atoms with Crippen molar-refractivity contribution in [3.05, 3.63) is 75.3 Å². The van der Waals surface area contributed by atoms with Crippen LogP contribution in [-0.4, -0.2) is 0 Å². The van der Waals surface area contributed by atoms with Gasteiger partial charge in [-0.05, 0) is 60.6 Å². The van der Waals surface area contributed by atoms with Crippen LogP contribution in [0, 0.1) is 19.8 Å². The Morgan fingerprint density at radius 3 is 2.50 bits per heavy atom. The Bertz CT molecular complexity index is 745. The number of nitrogens with one attached hydrogen (secondary N) is 1. The van der Waals surface area contributed by atoms with E-state index >= 15 is 0 Å². The number of rotatable bonds is 1. The van der Waals surface area contributed by atoms with Gasteiger partial charge in [0.05, 0.1) is 6.04 Å². The number of halogens is 1. The zero-order chi connectivity index (χ0) is 15.3. The molecule has 0 spiro atoms. The van der Waals surface area contributed by atoms with Crippen LogP contribution in [0.2, 0.25) is 0 Å². The monoisotopic (exact) mass is 353 g/mol. The quantitative estimate of drug-likeness (QED) is 0.630. The molecule has 0 bridgehead atoms. The van der Waals surface area contributed by atoms with E-state index in [-0.39, 0.29) is 0 Å². The molecule has 2 aromatic carbocycles. The van der Waals surface area contributed by atoms with Gasteiger partial charge >= 0.3 is 0 Å². The molecule has 0 saturated carbocycles. The highest BCUT2D eigenvalue weighted by atomic mass is 79.9. The second kappa shape index (κ2) is 5.27. The largest absolute Gasteiger partial charge is 0.377 e. The van der Waals surface area contributed by atoms with Crippen molar-refractivity contribution in [2.24, 2.45) is 5.92 Å². The third-order valence-corrected chi connectivity index (χ3v) is 5.70. The SMILES string of the molecule is Cc1ccc(C)c2c1N[C@@H](c1ccc(Br)cc1)[C@@H]1CC=C[C@@H]21. The molecule has 2 aromatic rings. The predicted octanol–water partition coefficient (Wildman–Crippen LogP) is 5.89. The lowest BCUT2D eigenvalue weighted by molar-refractivity contribution is 0.424. The molecule has 4 rings (SSSR count). The highest BCUT2D eigenvalue weighted by molar-refractivity contribution is 9.10. The maximum atomic E-state index is 3.86. The fraction of sp³-hybridized carbons (Fsp3) is 0.300. The summed E-state index contributed by atoms with van der Waals surface area (Å²) in [5, 5.41) is 3.86. The van der Waals surface area contributed by atoms with Crippen molar-refractivity contribution in [3.8, 4) is 0 Å². The fourth-order valence-electron chi connectivity index (χ4n) is 4.04. The summed E-state index contributed by atoms with van der Waals surface area (Å²) in [6.45, 7) is 4.45. The molecule has 0 saturated heterocycles. The Hall–Kier alpha value is -1.54. The van der Waals surface area contributed by atoms with Crippen molar-refractivity contribution >= 4 is 21.6 Å². The number of aryl methyl sites for hydroxylation is 2. The van der Waals surface area contributed by atoms with Crippen LogP contribution < -0.4 is 5.32 Å². The summed E-state index contributed by atoms with van der Waals surface area (Å²) in [6.07, 6.45) is 5.94. The van der Waals surface area contributed by atoms with Crippen LogP contribution in [0.1, 0.15) is 40.6 Å². The summed E-state index contributed by atoms with van der Waals surface area (Å²) in [5.41, 5.74) is 6.99.